The van der Waals surface area contributed by atoms with Gasteiger partial charge >= 0.3 is 0 Å². The minimum Gasteiger partial charge on any atom is -0.456 e. The average Bonchev–Trinajstić information content (AvgIpc) is 3.29. The fourth-order valence-corrected chi connectivity index (χ4v) is 5.63. The van der Waals surface area contributed by atoms with E-state index in [1.807, 2.05) is 12.1 Å². The molecular weight excluding hydrogens is 416 g/mol. The summed E-state index contributed by atoms with van der Waals surface area (Å²) in [5.74, 6) is 1.81. The van der Waals surface area contributed by atoms with Crippen molar-refractivity contribution in [2.45, 2.75) is 0 Å². The van der Waals surface area contributed by atoms with Gasteiger partial charge in [-0.25, -0.2) is 0 Å². The van der Waals surface area contributed by atoms with Crippen LogP contribution in [0.25, 0.3) is 65.7 Å². The van der Waals surface area contributed by atoms with E-state index in [2.05, 4.69) is 97.1 Å². The van der Waals surface area contributed by atoms with Gasteiger partial charge in [0.2, 0.25) is 0 Å². The second kappa shape index (κ2) is 6.49. The van der Waals surface area contributed by atoms with Crippen molar-refractivity contribution in [1.29, 1.82) is 0 Å². The molecule has 8 rings (SSSR count). The van der Waals surface area contributed by atoms with Crippen LogP contribution in [0.2, 0.25) is 0 Å². The van der Waals surface area contributed by atoms with Crippen LogP contribution < -0.4 is 4.74 Å². The first-order chi connectivity index (χ1) is 16.9. The van der Waals surface area contributed by atoms with Crippen LogP contribution in [0.15, 0.2) is 114 Å². The summed E-state index contributed by atoms with van der Waals surface area (Å²) in [6.07, 6.45) is 0. The van der Waals surface area contributed by atoms with Gasteiger partial charge in [-0.1, -0.05) is 84.9 Å². The van der Waals surface area contributed by atoms with Gasteiger partial charge in [0.05, 0.1) is 0 Å². The summed E-state index contributed by atoms with van der Waals surface area (Å²) in [5.41, 5.74) is 6.54. The molecule has 0 spiro atoms. The Bertz CT molecular complexity index is 1940. The van der Waals surface area contributed by atoms with Crippen molar-refractivity contribution in [3.8, 4) is 33.8 Å². The smallest absolute Gasteiger partial charge is 0.136 e. The third-order valence-electron chi connectivity index (χ3n) is 7.08. The topological polar surface area (TPSA) is 22.4 Å². The Hall–Kier alpha value is -4.56. The molecule has 0 amide bonds. The van der Waals surface area contributed by atoms with E-state index in [1.54, 1.807) is 0 Å². The van der Waals surface area contributed by atoms with Crippen LogP contribution in [0.3, 0.4) is 0 Å². The van der Waals surface area contributed by atoms with Crippen LogP contribution >= 0.6 is 0 Å². The molecule has 0 N–H and O–H groups in total. The van der Waals surface area contributed by atoms with Gasteiger partial charge in [-0.15, -0.1) is 0 Å². The van der Waals surface area contributed by atoms with Gasteiger partial charge in [0.1, 0.15) is 22.7 Å². The fraction of sp³-hybridized carbons (Fsp3) is 0. The van der Waals surface area contributed by atoms with Crippen molar-refractivity contribution in [2.75, 3.05) is 0 Å². The van der Waals surface area contributed by atoms with Gasteiger partial charge in [0, 0.05) is 21.7 Å². The van der Waals surface area contributed by atoms with Crippen molar-refractivity contribution in [3.63, 3.8) is 0 Å². The number of ether oxygens (including phenoxy) is 1. The first-order valence-corrected chi connectivity index (χ1v) is 11.5. The molecule has 0 aliphatic carbocycles. The number of para-hydroxylation sites is 1. The molecule has 1 aliphatic heterocycles. The predicted octanol–water partition coefficient (Wildman–Crippen LogP) is 9.33. The van der Waals surface area contributed by atoms with E-state index >= 15 is 0 Å². The molecular formula is C32H18O2. The molecule has 1 aliphatic rings. The summed E-state index contributed by atoms with van der Waals surface area (Å²) in [6.45, 7) is 0. The van der Waals surface area contributed by atoms with Crippen LogP contribution in [0.1, 0.15) is 0 Å². The van der Waals surface area contributed by atoms with Crippen LogP contribution in [0.5, 0.6) is 11.5 Å². The number of furan rings is 1. The standard InChI is InChI=1S/C32H18O2/c1-2-8-20-19(7-1)15-17-29-31(20)32-24(12-6-14-27(32)34-29)21-16-18-28-30-23(21)10-5-11-25(30)22-9-3-4-13-26(22)33-28/h1-18H. The van der Waals surface area contributed by atoms with Crippen LogP contribution in [0, 0.1) is 0 Å². The molecule has 0 fully saturated rings. The molecule has 2 heterocycles. The zero-order chi connectivity index (χ0) is 22.2. The van der Waals surface area contributed by atoms with E-state index < -0.39 is 0 Å². The highest BCUT2D eigenvalue weighted by molar-refractivity contribution is 6.24. The average molecular weight is 434 g/mol. The summed E-state index contributed by atoms with van der Waals surface area (Å²) in [5, 5.41) is 7.11. The molecule has 0 unspecified atom stereocenters. The van der Waals surface area contributed by atoms with Crippen LogP contribution in [-0.2, 0) is 0 Å². The normalized spacial score (nSPS) is 12.4. The molecule has 7 aromatic rings. The van der Waals surface area contributed by atoms with E-state index in [4.69, 9.17) is 9.15 Å². The largest absolute Gasteiger partial charge is 0.456 e. The highest BCUT2D eigenvalue weighted by atomic mass is 16.5. The number of rotatable bonds is 1. The molecule has 0 bridgehead atoms. The summed E-state index contributed by atoms with van der Waals surface area (Å²) < 4.78 is 12.7. The maximum atomic E-state index is 6.34. The van der Waals surface area contributed by atoms with E-state index in [1.165, 1.54) is 38.2 Å². The Morgan fingerprint density at radius 3 is 2.09 bits per heavy atom. The zero-order valence-electron chi connectivity index (χ0n) is 18.2. The number of hydrogen-bond donors (Lipinski definition) is 0. The molecule has 1 aromatic heterocycles. The minimum absolute atomic E-state index is 0.905. The summed E-state index contributed by atoms with van der Waals surface area (Å²) >= 11 is 0. The minimum atomic E-state index is 0.905. The van der Waals surface area contributed by atoms with E-state index in [0.717, 1.165) is 39.0 Å². The number of benzene rings is 6. The lowest BCUT2D eigenvalue weighted by molar-refractivity contribution is 0.487. The van der Waals surface area contributed by atoms with Crippen molar-refractivity contribution in [1.82, 2.24) is 0 Å². The van der Waals surface area contributed by atoms with Crippen molar-refractivity contribution in [3.05, 3.63) is 109 Å². The molecule has 2 nitrogen and oxygen atoms in total. The molecule has 0 radical (unpaired) electrons. The molecule has 34 heavy (non-hydrogen) atoms. The van der Waals surface area contributed by atoms with Crippen molar-refractivity contribution < 1.29 is 9.15 Å². The Labute approximate surface area is 195 Å². The SMILES string of the molecule is c1ccc2c(c1)Oc1ccc(-c3cccc4oc5ccc6ccccc6c5c34)c3cccc-2c13. The second-order valence-corrected chi connectivity index (χ2v) is 8.88. The van der Waals surface area contributed by atoms with Crippen LogP contribution in [-0.4, -0.2) is 0 Å². The Morgan fingerprint density at radius 1 is 0.382 bits per heavy atom. The van der Waals surface area contributed by atoms with E-state index in [9.17, 15) is 0 Å². The molecule has 0 saturated carbocycles. The fourth-order valence-electron chi connectivity index (χ4n) is 5.63. The predicted molar refractivity (Wildman–Crippen MR) is 140 cm³/mol. The summed E-state index contributed by atoms with van der Waals surface area (Å²) in [7, 11) is 0. The van der Waals surface area contributed by atoms with Crippen molar-refractivity contribution >= 4 is 43.5 Å². The summed E-state index contributed by atoms with van der Waals surface area (Å²) in [6, 6.07) is 38.2. The lowest BCUT2D eigenvalue weighted by Gasteiger charge is -2.22. The lowest BCUT2D eigenvalue weighted by atomic mass is 9.89. The Balaban J connectivity index is 1.51. The maximum Gasteiger partial charge on any atom is 0.136 e. The van der Waals surface area contributed by atoms with Gasteiger partial charge in [-0.2, -0.15) is 0 Å². The van der Waals surface area contributed by atoms with Gasteiger partial charge in [0.15, 0.2) is 0 Å². The molecule has 6 aromatic carbocycles. The first-order valence-electron chi connectivity index (χ1n) is 11.5. The highest BCUT2D eigenvalue weighted by Gasteiger charge is 2.22. The number of hydrogen-bond acceptors (Lipinski definition) is 2. The zero-order valence-corrected chi connectivity index (χ0v) is 18.2. The Morgan fingerprint density at radius 2 is 1.12 bits per heavy atom. The third-order valence-corrected chi connectivity index (χ3v) is 7.08. The molecule has 0 atom stereocenters. The van der Waals surface area contributed by atoms with Gasteiger partial charge in [-0.3, -0.25) is 0 Å². The van der Waals surface area contributed by atoms with Gasteiger partial charge in [0.25, 0.3) is 0 Å². The van der Waals surface area contributed by atoms with E-state index in [-0.39, 0.29) is 0 Å². The third kappa shape index (κ3) is 2.29. The first kappa shape index (κ1) is 17.9. The molecule has 2 heteroatoms. The second-order valence-electron chi connectivity index (χ2n) is 8.88. The van der Waals surface area contributed by atoms with E-state index in [0.29, 0.717) is 0 Å². The van der Waals surface area contributed by atoms with Crippen LogP contribution in [0.4, 0.5) is 0 Å². The monoisotopic (exact) mass is 434 g/mol. The Kier molecular flexibility index (Phi) is 3.42. The molecule has 0 saturated heterocycles. The maximum absolute atomic E-state index is 6.34. The van der Waals surface area contributed by atoms with Gasteiger partial charge < -0.3 is 9.15 Å². The van der Waals surface area contributed by atoms with Crippen molar-refractivity contribution in [2.24, 2.45) is 0 Å². The highest BCUT2D eigenvalue weighted by Crippen LogP contribution is 2.49. The lowest BCUT2D eigenvalue weighted by Crippen LogP contribution is -1.97. The molecule has 158 valence electrons. The number of fused-ring (bicyclic) bond motifs is 7. The quantitative estimate of drug-likeness (QED) is 0.257. The summed E-state index contributed by atoms with van der Waals surface area (Å²) in [4.78, 5) is 0. The van der Waals surface area contributed by atoms with Gasteiger partial charge in [-0.05, 0) is 57.1 Å².